The van der Waals surface area contributed by atoms with Gasteiger partial charge >= 0.3 is 0 Å². The van der Waals surface area contributed by atoms with Crippen LogP contribution >= 0.6 is 11.6 Å². The van der Waals surface area contributed by atoms with Crippen LogP contribution in [0.25, 0.3) is 33.1 Å². The van der Waals surface area contributed by atoms with Gasteiger partial charge in [-0.2, -0.15) is 5.10 Å². The van der Waals surface area contributed by atoms with Gasteiger partial charge in [0.05, 0.1) is 17.2 Å². The van der Waals surface area contributed by atoms with Crippen LogP contribution in [-0.2, 0) is 0 Å². The van der Waals surface area contributed by atoms with Gasteiger partial charge in [-0.25, -0.2) is 9.37 Å². The fourth-order valence-corrected chi connectivity index (χ4v) is 3.69. The molecule has 3 aromatic heterocycles. The predicted molar refractivity (Wildman–Crippen MR) is 98.8 cm³/mol. The molecule has 4 N–H and O–H groups in total. The van der Waals surface area contributed by atoms with Crippen molar-refractivity contribution in [2.75, 3.05) is 5.73 Å². The first-order chi connectivity index (χ1) is 12.5. The summed E-state index contributed by atoms with van der Waals surface area (Å²) in [5, 5.41) is 7.45. The molecule has 0 aliphatic heterocycles. The molecule has 0 amide bonds. The molecule has 0 unspecified atom stereocenters. The maximum Gasteiger partial charge on any atom is 0.272 e. The van der Waals surface area contributed by atoms with Crippen LogP contribution in [0.3, 0.4) is 0 Å². The maximum absolute atomic E-state index is 14.0. The van der Waals surface area contributed by atoms with Gasteiger partial charge in [0.1, 0.15) is 22.2 Å². The molecule has 1 aliphatic carbocycles. The van der Waals surface area contributed by atoms with Crippen molar-refractivity contribution in [2.24, 2.45) is 0 Å². The number of nitrogens with two attached hydrogens (primary N) is 1. The number of nitrogens with zero attached hydrogens (tertiary/aromatic N) is 2. The molecule has 1 aliphatic rings. The second kappa shape index (κ2) is 5.28. The van der Waals surface area contributed by atoms with E-state index in [-0.39, 0.29) is 11.2 Å². The van der Waals surface area contributed by atoms with E-state index in [1.165, 1.54) is 12.3 Å². The molecular formula is C18H13ClFN5O. The number of fused-ring (bicyclic) bond motifs is 2. The number of pyridine rings is 2. The Balaban J connectivity index is 1.90. The van der Waals surface area contributed by atoms with Crippen molar-refractivity contribution in [1.29, 1.82) is 0 Å². The summed E-state index contributed by atoms with van der Waals surface area (Å²) in [6.07, 6.45) is 3.62. The number of nitrogen functional groups attached to an aromatic ring is 1. The molecule has 0 saturated heterocycles. The van der Waals surface area contributed by atoms with Crippen molar-refractivity contribution in [3.8, 4) is 11.1 Å². The maximum atomic E-state index is 14.0. The van der Waals surface area contributed by atoms with Crippen molar-refractivity contribution < 1.29 is 4.39 Å². The Morgan fingerprint density at radius 2 is 2.12 bits per heavy atom. The Labute approximate surface area is 151 Å². The normalized spacial score (nSPS) is 14.4. The summed E-state index contributed by atoms with van der Waals surface area (Å²) in [6.45, 7) is 0. The summed E-state index contributed by atoms with van der Waals surface area (Å²) in [5.41, 5.74) is 8.90. The first-order valence-electron chi connectivity index (χ1n) is 8.18. The van der Waals surface area contributed by atoms with Crippen molar-refractivity contribution >= 4 is 39.2 Å². The van der Waals surface area contributed by atoms with E-state index in [0.717, 1.165) is 18.4 Å². The number of nitrogens with one attached hydrogen (secondary N) is 2. The quantitative estimate of drug-likeness (QED) is 0.469. The van der Waals surface area contributed by atoms with Crippen LogP contribution < -0.4 is 11.3 Å². The molecule has 0 atom stereocenters. The molecule has 0 spiro atoms. The molecule has 4 aromatic rings. The molecular weight excluding hydrogens is 357 g/mol. The Bertz CT molecular complexity index is 1260. The third-order valence-electron chi connectivity index (χ3n) is 4.85. The standard InChI is InChI=1S/C18H13ClFN5O/c19-17-9(7-1-2-7)5-12-16(24-17)13(14(21)18(26)23-12)8-3-4-11(20)15-10(8)6-22-25-15/h3-7H,1-2,21H2,(H,22,25)(H,23,26). The average molecular weight is 370 g/mol. The van der Waals surface area contributed by atoms with E-state index in [1.54, 1.807) is 6.07 Å². The first kappa shape index (κ1) is 15.3. The van der Waals surface area contributed by atoms with Crippen LogP contribution in [0.1, 0.15) is 24.3 Å². The summed E-state index contributed by atoms with van der Waals surface area (Å²) in [4.78, 5) is 19.7. The predicted octanol–water partition coefficient (Wildman–Crippen LogP) is 3.72. The van der Waals surface area contributed by atoms with Crippen LogP contribution in [-0.4, -0.2) is 20.2 Å². The Morgan fingerprint density at radius 1 is 1.31 bits per heavy atom. The Morgan fingerprint density at radius 3 is 2.88 bits per heavy atom. The highest BCUT2D eigenvalue weighted by Crippen LogP contribution is 2.44. The van der Waals surface area contributed by atoms with Crippen molar-refractivity contribution in [3.63, 3.8) is 0 Å². The van der Waals surface area contributed by atoms with E-state index in [2.05, 4.69) is 20.2 Å². The molecule has 0 radical (unpaired) electrons. The highest BCUT2D eigenvalue weighted by molar-refractivity contribution is 6.31. The third kappa shape index (κ3) is 2.13. The van der Waals surface area contributed by atoms with E-state index in [9.17, 15) is 9.18 Å². The molecule has 26 heavy (non-hydrogen) atoms. The van der Waals surface area contributed by atoms with Crippen LogP contribution in [0.2, 0.25) is 5.15 Å². The number of benzene rings is 1. The van der Waals surface area contributed by atoms with Gasteiger partial charge in [0.15, 0.2) is 0 Å². The average Bonchev–Trinajstić information content (AvgIpc) is 3.33. The van der Waals surface area contributed by atoms with Crippen LogP contribution in [0.5, 0.6) is 0 Å². The number of halogens is 2. The number of H-pyrrole nitrogens is 2. The van der Waals surface area contributed by atoms with E-state index in [0.29, 0.717) is 38.6 Å². The lowest BCUT2D eigenvalue weighted by molar-refractivity contribution is 0.636. The lowest BCUT2D eigenvalue weighted by atomic mass is 9.98. The van der Waals surface area contributed by atoms with Crippen molar-refractivity contribution in [2.45, 2.75) is 18.8 Å². The summed E-state index contributed by atoms with van der Waals surface area (Å²) < 4.78 is 14.0. The molecule has 6 nitrogen and oxygen atoms in total. The van der Waals surface area contributed by atoms with Crippen LogP contribution in [0, 0.1) is 5.82 Å². The lowest BCUT2D eigenvalue weighted by Gasteiger charge is -2.12. The lowest BCUT2D eigenvalue weighted by Crippen LogP contribution is -2.14. The van der Waals surface area contributed by atoms with Gasteiger partial charge in [0.25, 0.3) is 5.56 Å². The van der Waals surface area contributed by atoms with Crippen LogP contribution in [0.15, 0.2) is 29.2 Å². The van der Waals surface area contributed by atoms with E-state index in [1.807, 2.05) is 6.07 Å². The number of aromatic nitrogens is 4. The third-order valence-corrected chi connectivity index (χ3v) is 5.16. The smallest absolute Gasteiger partial charge is 0.272 e. The minimum Gasteiger partial charge on any atom is -0.394 e. The summed E-state index contributed by atoms with van der Waals surface area (Å²) in [5.74, 6) is -0.0497. The van der Waals surface area contributed by atoms with Crippen molar-refractivity contribution in [3.05, 3.63) is 51.3 Å². The van der Waals surface area contributed by atoms with Gasteiger partial charge in [0.2, 0.25) is 0 Å². The summed E-state index contributed by atoms with van der Waals surface area (Å²) in [6, 6.07) is 4.74. The minimum absolute atomic E-state index is 0.00865. The fraction of sp³-hybridized carbons (Fsp3) is 0.167. The number of hydrogen-bond acceptors (Lipinski definition) is 4. The molecule has 130 valence electrons. The second-order valence-corrected chi connectivity index (χ2v) is 6.89. The van der Waals surface area contributed by atoms with Gasteiger partial charge in [0, 0.05) is 10.9 Å². The van der Waals surface area contributed by atoms with Gasteiger partial charge in [-0.1, -0.05) is 17.7 Å². The number of hydrogen-bond donors (Lipinski definition) is 3. The van der Waals surface area contributed by atoms with Crippen LogP contribution in [0.4, 0.5) is 10.1 Å². The first-order valence-corrected chi connectivity index (χ1v) is 8.56. The zero-order valence-corrected chi connectivity index (χ0v) is 14.2. The SMILES string of the molecule is Nc1c(-c2ccc(F)c3[nH]ncc23)c2nc(Cl)c(C3CC3)cc2[nH]c1=O. The second-order valence-electron chi connectivity index (χ2n) is 6.54. The minimum atomic E-state index is -0.434. The highest BCUT2D eigenvalue weighted by atomic mass is 35.5. The summed E-state index contributed by atoms with van der Waals surface area (Å²) >= 11 is 6.39. The fourth-order valence-electron chi connectivity index (χ4n) is 3.40. The molecule has 3 heterocycles. The van der Waals surface area contributed by atoms with E-state index < -0.39 is 11.4 Å². The molecule has 5 rings (SSSR count). The topological polar surface area (TPSA) is 100 Å². The van der Waals surface area contributed by atoms with Gasteiger partial charge in [-0.3, -0.25) is 9.89 Å². The van der Waals surface area contributed by atoms with Gasteiger partial charge < -0.3 is 10.7 Å². The zero-order valence-electron chi connectivity index (χ0n) is 13.4. The molecule has 0 bridgehead atoms. The molecule has 1 fully saturated rings. The monoisotopic (exact) mass is 369 g/mol. The number of rotatable bonds is 2. The Hall–Kier alpha value is -2.93. The van der Waals surface area contributed by atoms with Gasteiger partial charge in [-0.05, 0) is 42.0 Å². The largest absolute Gasteiger partial charge is 0.394 e. The Kier molecular flexibility index (Phi) is 3.12. The zero-order chi connectivity index (χ0) is 18.0. The highest BCUT2D eigenvalue weighted by Gasteiger charge is 2.28. The molecule has 8 heteroatoms. The van der Waals surface area contributed by atoms with Crippen molar-refractivity contribution in [1.82, 2.24) is 20.2 Å². The molecule has 1 saturated carbocycles. The van der Waals surface area contributed by atoms with E-state index in [4.69, 9.17) is 17.3 Å². The van der Waals surface area contributed by atoms with Gasteiger partial charge in [-0.15, -0.1) is 0 Å². The summed E-state index contributed by atoms with van der Waals surface area (Å²) in [7, 11) is 0. The van der Waals surface area contributed by atoms with E-state index >= 15 is 0 Å². The molecule has 1 aromatic carbocycles. The number of anilines is 1. The number of aromatic amines is 2.